The van der Waals surface area contributed by atoms with Crippen molar-refractivity contribution < 1.29 is 9.59 Å². The molecular weight excluding hydrogens is 258 g/mol. The van der Waals surface area contributed by atoms with Crippen molar-refractivity contribution in [2.45, 2.75) is 6.92 Å². The van der Waals surface area contributed by atoms with E-state index in [-0.39, 0.29) is 24.3 Å². The molecule has 1 aromatic heterocycles. The Morgan fingerprint density at radius 1 is 1.50 bits per heavy atom. The number of anilines is 1. The van der Waals surface area contributed by atoms with E-state index in [1.54, 1.807) is 26.9 Å². The van der Waals surface area contributed by atoms with E-state index in [1.807, 2.05) is 21.0 Å². The summed E-state index contributed by atoms with van der Waals surface area (Å²) in [5.41, 5.74) is 0.785. The third-order valence-corrected chi connectivity index (χ3v) is 3.47. The number of nitrogens with zero attached hydrogens (tertiary/aromatic N) is 4. The predicted molar refractivity (Wildman–Crippen MR) is 75.2 cm³/mol. The molecule has 2 amide bonds. The molecule has 0 aromatic carbocycles. The van der Waals surface area contributed by atoms with Crippen LogP contribution >= 0.6 is 0 Å². The van der Waals surface area contributed by atoms with E-state index in [0.717, 1.165) is 5.69 Å². The van der Waals surface area contributed by atoms with Gasteiger partial charge in [-0.25, -0.2) is 0 Å². The molecule has 1 unspecified atom stereocenters. The van der Waals surface area contributed by atoms with Crippen LogP contribution in [-0.2, 0) is 16.6 Å². The molecule has 110 valence electrons. The van der Waals surface area contributed by atoms with Crippen molar-refractivity contribution in [1.29, 1.82) is 0 Å². The van der Waals surface area contributed by atoms with Crippen LogP contribution in [0.3, 0.4) is 0 Å². The number of amides is 2. The first-order valence-corrected chi connectivity index (χ1v) is 6.75. The molecule has 1 aromatic rings. The van der Waals surface area contributed by atoms with Crippen molar-refractivity contribution >= 4 is 17.5 Å². The molecule has 1 atom stereocenters. The normalized spacial score (nSPS) is 17.4. The van der Waals surface area contributed by atoms with E-state index >= 15 is 0 Å². The van der Waals surface area contributed by atoms with Gasteiger partial charge in [0.1, 0.15) is 6.54 Å². The second kappa shape index (κ2) is 6.04. The predicted octanol–water partition coefficient (Wildman–Crippen LogP) is -0.549. The fourth-order valence-electron chi connectivity index (χ4n) is 2.39. The van der Waals surface area contributed by atoms with Gasteiger partial charge in [-0.05, 0) is 7.05 Å². The summed E-state index contributed by atoms with van der Waals surface area (Å²) in [5.74, 6) is -0.148. The smallest absolute Gasteiger partial charge is 0.246 e. The molecule has 0 saturated carbocycles. The third kappa shape index (κ3) is 2.98. The van der Waals surface area contributed by atoms with Gasteiger partial charge >= 0.3 is 0 Å². The zero-order valence-electron chi connectivity index (χ0n) is 12.2. The van der Waals surface area contributed by atoms with Gasteiger partial charge in [0.15, 0.2) is 0 Å². The van der Waals surface area contributed by atoms with Crippen molar-refractivity contribution in [3.05, 3.63) is 12.4 Å². The van der Waals surface area contributed by atoms with E-state index < -0.39 is 0 Å². The number of carbonyl (C=O) groups excluding carboxylic acids is 2. The van der Waals surface area contributed by atoms with E-state index in [9.17, 15) is 9.59 Å². The number of rotatable bonds is 4. The maximum atomic E-state index is 12.2. The maximum Gasteiger partial charge on any atom is 0.246 e. The Balaban J connectivity index is 1.99. The van der Waals surface area contributed by atoms with Gasteiger partial charge in [0.25, 0.3) is 0 Å². The molecule has 1 N–H and O–H groups in total. The van der Waals surface area contributed by atoms with Gasteiger partial charge < -0.3 is 15.1 Å². The second-order valence-electron chi connectivity index (χ2n) is 5.14. The Hall–Kier alpha value is -1.89. The van der Waals surface area contributed by atoms with Crippen LogP contribution in [-0.4, -0.2) is 59.7 Å². The van der Waals surface area contributed by atoms with E-state index in [0.29, 0.717) is 19.6 Å². The number of hydrogen-bond acceptors (Lipinski definition) is 4. The van der Waals surface area contributed by atoms with Gasteiger partial charge in [-0.1, -0.05) is 6.92 Å². The summed E-state index contributed by atoms with van der Waals surface area (Å²) in [6.07, 6.45) is 3.47. The number of aromatic nitrogens is 2. The molecule has 1 saturated heterocycles. The number of aryl methyl sites for hydroxylation is 1. The summed E-state index contributed by atoms with van der Waals surface area (Å²) in [6, 6.07) is 0. The Bertz CT molecular complexity index is 499. The molecule has 20 heavy (non-hydrogen) atoms. The average Bonchev–Trinajstić information content (AvgIpc) is 2.84. The monoisotopic (exact) mass is 279 g/mol. The molecule has 0 radical (unpaired) electrons. The molecule has 2 heterocycles. The van der Waals surface area contributed by atoms with Crippen molar-refractivity contribution in [3.63, 3.8) is 0 Å². The summed E-state index contributed by atoms with van der Waals surface area (Å²) in [7, 11) is 3.63. The minimum absolute atomic E-state index is 0.0264. The molecule has 0 spiro atoms. The summed E-state index contributed by atoms with van der Waals surface area (Å²) < 4.78 is 1.66. The lowest BCUT2D eigenvalue weighted by molar-refractivity contribution is -0.139. The van der Waals surface area contributed by atoms with Crippen LogP contribution in [0.2, 0.25) is 0 Å². The minimum Gasteiger partial charge on any atom is -0.331 e. The molecule has 0 aliphatic carbocycles. The van der Waals surface area contributed by atoms with Gasteiger partial charge in [-0.15, -0.1) is 0 Å². The zero-order chi connectivity index (χ0) is 14.7. The van der Waals surface area contributed by atoms with E-state index in [4.69, 9.17) is 0 Å². The van der Waals surface area contributed by atoms with Crippen LogP contribution in [0.1, 0.15) is 6.92 Å². The standard InChI is InChI=1S/C13H21N5O2/c1-10(6-14-2)13(20)17-4-5-18(12(19)9-17)11-7-15-16(3)8-11/h7-8,10,14H,4-6,9H2,1-3H3. The fourth-order valence-corrected chi connectivity index (χ4v) is 2.39. The van der Waals surface area contributed by atoms with E-state index in [2.05, 4.69) is 10.4 Å². The van der Waals surface area contributed by atoms with Crippen molar-refractivity contribution in [2.75, 3.05) is 38.1 Å². The molecule has 7 nitrogen and oxygen atoms in total. The SMILES string of the molecule is CNCC(C)C(=O)N1CCN(c2cnn(C)c2)C(=O)C1. The van der Waals surface area contributed by atoms with Crippen LogP contribution in [0.4, 0.5) is 5.69 Å². The number of hydrogen-bond donors (Lipinski definition) is 1. The molecule has 1 aliphatic heterocycles. The lowest BCUT2D eigenvalue weighted by Crippen LogP contribution is -2.54. The first-order chi connectivity index (χ1) is 9.52. The Morgan fingerprint density at radius 2 is 2.25 bits per heavy atom. The van der Waals surface area contributed by atoms with Crippen LogP contribution in [0.5, 0.6) is 0 Å². The van der Waals surface area contributed by atoms with Gasteiger partial charge in [-0.3, -0.25) is 14.3 Å². The fraction of sp³-hybridized carbons (Fsp3) is 0.615. The van der Waals surface area contributed by atoms with Gasteiger partial charge in [0.2, 0.25) is 11.8 Å². The summed E-state index contributed by atoms with van der Waals surface area (Å²) in [5, 5.41) is 7.05. The van der Waals surface area contributed by atoms with Crippen LogP contribution in [0, 0.1) is 5.92 Å². The number of piperazine rings is 1. The summed E-state index contributed by atoms with van der Waals surface area (Å²) in [6.45, 7) is 3.71. The minimum atomic E-state index is -0.113. The average molecular weight is 279 g/mol. The topological polar surface area (TPSA) is 70.5 Å². The van der Waals surface area contributed by atoms with Crippen LogP contribution < -0.4 is 10.2 Å². The highest BCUT2D eigenvalue weighted by Crippen LogP contribution is 2.16. The third-order valence-electron chi connectivity index (χ3n) is 3.47. The van der Waals surface area contributed by atoms with E-state index in [1.165, 1.54) is 0 Å². The van der Waals surface area contributed by atoms with Gasteiger partial charge in [-0.2, -0.15) is 5.10 Å². The first kappa shape index (κ1) is 14.5. The Morgan fingerprint density at radius 3 is 2.80 bits per heavy atom. The summed E-state index contributed by atoms with van der Waals surface area (Å²) in [4.78, 5) is 27.7. The van der Waals surface area contributed by atoms with Crippen molar-refractivity contribution in [1.82, 2.24) is 20.0 Å². The lowest BCUT2D eigenvalue weighted by atomic mass is 10.1. The van der Waals surface area contributed by atoms with Crippen LogP contribution in [0.25, 0.3) is 0 Å². The Kier molecular flexibility index (Phi) is 4.39. The number of nitrogens with one attached hydrogen (secondary N) is 1. The molecule has 1 fully saturated rings. The molecule has 1 aliphatic rings. The quantitative estimate of drug-likeness (QED) is 0.803. The highest BCUT2D eigenvalue weighted by molar-refractivity contribution is 5.97. The van der Waals surface area contributed by atoms with Crippen molar-refractivity contribution in [3.8, 4) is 0 Å². The molecule has 7 heteroatoms. The highest BCUT2D eigenvalue weighted by atomic mass is 16.2. The van der Waals surface area contributed by atoms with Gasteiger partial charge in [0.05, 0.1) is 11.9 Å². The molecule has 0 bridgehead atoms. The summed E-state index contributed by atoms with van der Waals surface area (Å²) >= 11 is 0. The molecular formula is C13H21N5O2. The first-order valence-electron chi connectivity index (χ1n) is 6.75. The van der Waals surface area contributed by atoms with Crippen molar-refractivity contribution in [2.24, 2.45) is 13.0 Å². The maximum absolute atomic E-state index is 12.2. The Labute approximate surface area is 118 Å². The van der Waals surface area contributed by atoms with Gasteiger partial charge in [0, 0.05) is 38.8 Å². The second-order valence-corrected chi connectivity index (χ2v) is 5.14. The zero-order valence-corrected chi connectivity index (χ0v) is 12.2. The highest BCUT2D eigenvalue weighted by Gasteiger charge is 2.30. The number of carbonyl (C=O) groups is 2. The lowest BCUT2D eigenvalue weighted by Gasteiger charge is -2.34. The molecule has 2 rings (SSSR count). The largest absolute Gasteiger partial charge is 0.331 e. The van der Waals surface area contributed by atoms with Crippen LogP contribution in [0.15, 0.2) is 12.4 Å².